The Hall–Kier alpha value is -1.60. The van der Waals surface area contributed by atoms with Gasteiger partial charge in [-0.1, -0.05) is 47.3 Å². The molecule has 2 aromatic rings. The van der Waals surface area contributed by atoms with Gasteiger partial charge in [0.1, 0.15) is 0 Å². The third kappa shape index (κ3) is 5.31. The number of amides is 1. The quantitative estimate of drug-likeness (QED) is 0.689. The zero-order valence-corrected chi connectivity index (χ0v) is 18.5. The van der Waals surface area contributed by atoms with Gasteiger partial charge in [-0.25, -0.2) is 8.42 Å². The molecule has 0 aromatic heterocycles. The van der Waals surface area contributed by atoms with Gasteiger partial charge in [-0.05, 0) is 56.5 Å². The van der Waals surface area contributed by atoms with Crippen LogP contribution in [0.15, 0.2) is 47.4 Å². The summed E-state index contributed by atoms with van der Waals surface area (Å²) in [5.74, 6) is -0.318. The smallest absolute Gasteiger partial charge is 0.252 e. The minimum Gasteiger partial charge on any atom is -0.352 e. The summed E-state index contributed by atoms with van der Waals surface area (Å²) in [4.78, 5) is 12.7. The predicted molar refractivity (Wildman–Crippen MR) is 116 cm³/mol. The van der Waals surface area contributed by atoms with Gasteiger partial charge in [-0.3, -0.25) is 4.79 Å². The summed E-state index contributed by atoms with van der Waals surface area (Å²) in [5, 5.41) is 3.59. The Morgan fingerprint density at radius 3 is 2.59 bits per heavy atom. The van der Waals surface area contributed by atoms with Crippen LogP contribution in [0.4, 0.5) is 0 Å². The van der Waals surface area contributed by atoms with Gasteiger partial charge in [0.25, 0.3) is 5.91 Å². The number of piperidine rings is 1. The standard InChI is InChI=1S/C21H24Cl2N2O3S/c1-15-5-8-18(9-6-15)29(27,28)25-13-3-2-4-17(25)11-12-24-21(26)19-14-16(22)7-10-20(19)23/h5-10,14,17H,2-4,11-13H2,1H3,(H,24,26). The average Bonchev–Trinajstić information content (AvgIpc) is 2.70. The first-order chi connectivity index (χ1) is 13.8. The van der Waals surface area contributed by atoms with E-state index in [2.05, 4.69) is 5.32 Å². The minimum absolute atomic E-state index is 0.148. The molecular weight excluding hydrogens is 431 g/mol. The Morgan fingerprint density at radius 1 is 1.14 bits per heavy atom. The van der Waals surface area contributed by atoms with Gasteiger partial charge >= 0.3 is 0 Å². The molecule has 1 saturated heterocycles. The van der Waals surface area contributed by atoms with E-state index in [0.29, 0.717) is 40.0 Å². The number of rotatable bonds is 6. The molecule has 156 valence electrons. The molecule has 1 fully saturated rings. The molecule has 1 N–H and O–H groups in total. The van der Waals surface area contributed by atoms with E-state index in [9.17, 15) is 13.2 Å². The molecule has 29 heavy (non-hydrogen) atoms. The molecule has 1 unspecified atom stereocenters. The molecule has 0 spiro atoms. The summed E-state index contributed by atoms with van der Waals surface area (Å²) in [5.41, 5.74) is 1.33. The second-order valence-corrected chi connectivity index (χ2v) is 9.98. The number of carbonyl (C=O) groups excluding carboxylic acids is 1. The number of nitrogens with zero attached hydrogens (tertiary/aromatic N) is 1. The Bertz CT molecular complexity index is 978. The van der Waals surface area contributed by atoms with Crippen molar-refractivity contribution in [1.29, 1.82) is 0 Å². The van der Waals surface area contributed by atoms with Crippen LogP contribution in [-0.4, -0.2) is 37.8 Å². The highest BCUT2D eigenvalue weighted by atomic mass is 35.5. The van der Waals surface area contributed by atoms with Gasteiger partial charge in [-0.15, -0.1) is 0 Å². The lowest BCUT2D eigenvalue weighted by Crippen LogP contribution is -2.45. The summed E-state index contributed by atoms with van der Waals surface area (Å²) in [7, 11) is -3.56. The second-order valence-electron chi connectivity index (χ2n) is 7.25. The van der Waals surface area contributed by atoms with Gasteiger partial charge in [-0.2, -0.15) is 4.31 Å². The molecular formula is C21H24Cl2N2O3S. The van der Waals surface area contributed by atoms with E-state index < -0.39 is 10.0 Å². The fourth-order valence-electron chi connectivity index (χ4n) is 3.54. The molecule has 5 nitrogen and oxygen atoms in total. The van der Waals surface area contributed by atoms with E-state index in [-0.39, 0.29) is 11.9 Å². The lowest BCUT2D eigenvalue weighted by atomic mass is 10.0. The Labute approximate surface area is 182 Å². The molecule has 1 amide bonds. The van der Waals surface area contributed by atoms with Crippen LogP contribution in [0, 0.1) is 6.92 Å². The highest BCUT2D eigenvalue weighted by Gasteiger charge is 2.33. The Balaban J connectivity index is 1.66. The maximum atomic E-state index is 13.1. The molecule has 8 heteroatoms. The molecule has 1 heterocycles. The maximum Gasteiger partial charge on any atom is 0.252 e. The maximum absolute atomic E-state index is 13.1. The van der Waals surface area contributed by atoms with Gasteiger partial charge in [0, 0.05) is 24.2 Å². The van der Waals surface area contributed by atoms with Crippen molar-refractivity contribution in [2.24, 2.45) is 0 Å². The number of sulfonamides is 1. The molecule has 1 aliphatic heterocycles. The number of hydrogen-bond acceptors (Lipinski definition) is 3. The molecule has 0 radical (unpaired) electrons. The number of hydrogen-bond donors (Lipinski definition) is 1. The van der Waals surface area contributed by atoms with Gasteiger partial charge in [0.05, 0.1) is 15.5 Å². The second kappa shape index (κ2) is 9.47. The zero-order valence-electron chi connectivity index (χ0n) is 16.2. The summed E-state index contributed by atoms with van der Waals surface area (Å²) in [6, 6.07) is 11.5. The number of nitrogens with one attached hydrogen (secondary N) is 1. The zero-order chi connectivity index (χ0) is 21.0. The van der Waals surface area contributed by atoms with Crippen molar-refractivity contribution in [1.82, 2.24) is 9.62 Å². The third-order valence-electron chi connectivity index (χ3n) is 5.14. The van der Waals surface area contributed by atoms with Crippen molar-refractivity contribution in [2.75, 3.05) is 13.1 Å². The highest BCUT2D eigenvalue weighted by Crippen LogP contribution is 2.27. The molecule has 0 saturated carbocycles. The van der Waals surface area contributed by atoms with Crippen molar-refractivity contribution >= 4 is 39.1 Å². The Kier molecular flexibility index (Phi) is 7.22. The first kappa shape index (κ1) is 22.1. The molecule has 3 rings (SSSR count). The van der Waals surface area contributed by atoms with Crippen LogP contribution < -0.4 is 5.32 Å². The van der Waals surface area contributed by atoms with Crippen molar-refractivity contribution in [3.8, 4) is 0 Å². The lowest BCUT2D eigenvalue weighted by molar-refractivity contribution is 0.0949. The van der Waals surface area contributed by atoms with E-state index in [1.165, 1.54) is 6.07 Å². The SMILES string of the molecule is Cc1ccc(S(=O)(=O)N2CCCCC2CCNC(=O)c2cc(Cl)ccc2Cl)cc1. The number of aryl methyl sites for hydroxylation is 1. The number of benzene rings is 2. The fourth-order valence-corrected chi connectivity index (χ4v) is 5.64. The summed E-state index contributed by atoms with van der Waals surface area (Å²) in [6.45, 7) is 2.77. The van der Waals surface area contributed by atoms with E-state index >= 15 is 0 Å². The molecule has 0 bridgehead atoms. The monoisotopic (exact) mass is 454 g/mol. The van der Waals surface area contributed by atoms with Gasteiger partial charge in [0.2, 0.25) is 10.0 Å². The van der Waals surface area contributed by atoms with Crippen LogP contribution in [0.3, 0.4) is 0 Å². The van der Waals surface area contributed by atoms with Crippen molar-refractivity contribution in [2.45, 2.75) is 43.5 Å². The van der Waals surface area contributed by atoms with Gasteiger partial charge in [0.15, 0.2) is 0 Å². The first-order valence-electron chi connectivity index (χ1n) is 9.61. The summed E-state index contributed by atoms with van der Waals surface area (Å²) < 4.78 is 27.8. The van der Waals surface area contributed by atoms with Crippen LogP contribution in [0.1, 0.15) is 41.6 Å². The normalized spacial score (nSPS) is 17.8. The van der Waals surface area contributed by atoms with Crippen molar-refractivity contribution in [3.05, 3.63) is 63.6 Å². The molecule has 2 aromatic carbocycles. The van der Waals surface area contributed by atoms with Gasteiger partial charge < -0.3 is 5.32 Å². The first-order valence-corrected chi connectivity index (χ1v) is 11.8. The van der Waals surface area contributed by atoms with Crippen LogP contribution in [0.25, 0.3) is 0 Å². The average molecular weight is 455 g/mol. The van der Waals surface area contributed by atoms with Crippen molar-refractivity contribution < 1.29 is 13.2 Å². The van der Waals surface area contributed by atoms with Crippen molar-refractivity contribution in [3.63, 3.8) is 0 Å². The number of halogens is 2. The van der Waals surface area contributed by atoms with E-state index in [4.69, 9.17) is 23.2 Å². The topological polar surface area (TPSA) is 66.5 Å². The Morgan fingerprint density at radius 2 is 1.86 bits per heavy atom. The largest absolute Gasteiger partial charge is 0.352 e. The van der Waals surface area contributed by atoms with E-state index in [0.717, 1.165) is 24.8 Å². The van der Waals surface area contributed by atoms with Crippen LogP contribution in [-0.2, 0) is 10.0 Å². The van der Waals surface area contributed by atoms with Crippen LogP contribution >= 0.6 is 23.2 Å². The molecule has 0 aliphatic carbocycles. The van der Waals surface area contributed by atoms with E-state index in [1.54, 1.807) is 40.7 Å². The summed E-state index contributed by atoms with van der Waals surface area (Å²) in [6.07, 6.45) is 3.12. The minimum atomic E-state index is -3.56. The van der Waals surface area contributed by atoms with E-state index in [1.807, 2.05) is 6.92 Å². The van der Waals surface area contributed by atoms with Crippen LogP contribution in [0.5, 0.6) is 0 Å². The predicted octanol–water partition coefficient (Wildman–Crippen LogP) is 4.67. The highest BCUT2D eigenvalue weighted by molar-refractivity contribution is 7.89. The molecule has 1 atom stereocenters. The third-order valence-corrected chi connectivity index (χ3v) is 7.67. The number of carbonyl (C=O) groups is 1. The molecule has 1 aliphatic rings. The summed E-state index contributed by atoms with van der Waals surface area (Å²) >= 11 is 12.0. The lowest BCUT2D eigenvalue weighted by Gasteiger charge is -2.34. The fraction of sp³-hybridized carbons (Fsp3) is 0.381. The van der Waals surface area contributed by atoms with Crippen LogP contribution in [0.2, 0.25) is 10.0 Å².